The molecule has 1 fully saturated rings. The highest BCUT2D eigenvalue weighted by Gasteiger charge is 2.31. The van der Waals surface area contributed by atoms with Crippen LogP contribution in [-0.4, -0.2) is 14.2 Å². The molecule has 1 N–H and O–H groups in total. The summed E-state index contributed by atoms with van der Waals surface area (Å²) >= 11 is 0. The average Bonchev–Trinajstić information content (AvgIpc) is 2.77. The summed E-state index contributed by atoms with van der Waals surface area (Å²) in [4.78, 5) is 0. The van der Waals surface area contributed by atoms with Crippen LogP contribution in [0.1, 0.15) is 37.8 Å². The molecule has 1 aliphatic carbocycles. The Kier molecular flexibility index (Phi) is 4.23. The quantitative estimate of drug-likeness (QED) is 0.884. The highest BCUT2D eigenvalue weighted by atomic mass is 19.1. The van der Waals surface area contributed by atoms with Crippen LogP contribution in [0.5, 0.6) is 5.75 Å². The smallest absolute Gasteiger partial charge is 0.165 e. The Morgan fingerprint density at radius 3 is 2.67 bits per heavy atom. The van der Waals surface area contributed by atoms with Crippen LogP contribution in [0, 0.1) is 17.7 Å². The van der Waals surface area contributed by atoms with Gasteiger partial charge in [0.1, 0.15) is 0 Å². The lowest BCUT2D eigenvalue weighted by atomic mass is 9.86. The first-order chi connectivity index (χ1) is 8.67. The summed E-state index contributed by atoms with van der Waals surface area (Å²) < 4.78 is 18.7. The maximum Gasteiger partial charge on any atom is 0.165 e. The van der Waals surface area contributed by atoms with Crippen LogP contribution in [-0.2, 0) is 0 Å². The second-order valence-corrected chi connectivity index (χ2v) is 5.23. The van der Waals surface area contributed by atoms with Gasteiger partial charge in [0.15, 0.2) is 11.6 Å². The predicted molar refractivity (Wildman–Crippen MR) is 71.3 cm³/mol. The van der Waals surface area contributed by atoms with Gasteiger partial charge in [0, 0.05) is 6.04 Å². The van der Waals surface area contributed by atoms with E-state index in [0.29, 0.717) is 17.6 Å². The lowest BCUT2D eigenvalue weighted by Gasteiger charge is -2.27. The number of hydrogen-bond acceptors (Lipinski definition) is 2. The minimum atomic E-state index is -0.277. The predicted octanol–water partition coefficient (Wildman–Crippen LogP) is 3.53. The molecule has 0 radical (unpaired) electrons. The zero-order chi connectivity index (χ0) is 13.1. The zero-order valence-corrected chi connectivity index (χ0v) is 11.4. The summed E-state index contributed by atoms with van der Waals surface area (Å²) in [7, 11) is 3.45. The van der Waals surface area contributed by atoms with Crippen LogP contribution in [0.25, 0.3) is 0 Å². The highest BCUT2D eigenvalue weighted by molar-refractivity contribution is 5.31. The molecule has 0 aromatic heterocycles. The molecule has 0 saturated heterocycles. The highest BCUT2D eigenvalue weighted by Crippen LogP contribution is 2.40. The molecular weight excluding hydrogens is 229 g/mol. The second-order valence-electron chi connectivity index (χ2n) is 5.23. The van der Waals surface area contributed by atoms with E-state index in [9.17, 15) is 4.39 Å². The second kappa shape index (κ2) is 5.70. The van der Waals surface area contributed by atoms with Crippen molar-refractivity contribution in [3.8, 4) is 5.75 Å². The van der Waals surface area contributed by atoms with Crippen molar-refractivity contribution in [1.29, 1.82) is 0 Å². The monoisotopic (exact) mass is 251 g/mol. The lowest BCUT2D eigenvalue weighted by Crippen LogP contribution is -2.27. The van der Waals surface area contributed by atoms with Gasteiger partial charge in [-0.05, 0) is 43.0 Å². The van der Waals surface area contributed by atoms with Crippen molar-refractivity contribution in [2.45, 2.75) is 32.2 Å². The van der Waals surface area contributed by atoms with Crippen molar-refractivity contribution in [3.63, 3.8) is 0 Å². The third-order valence-corrected chi connectivity index (χ3v) is 4.20. The van der Waals surface area contributed by atoms with Crippen LogP contribution < -0.4 is 10.1 Å². The normalized spacial score (nSPS) is 25.1. The Balaban J connectivity index is 2.24. The van der Waals surface area contributed by atoms with Crippen LogP contribution in [0.4, 0.5) is 4.39 Å². The number of ether oxygens (including phenoxy) is 1. The molecule has 2 nitrogen and oxygen atoms in total. The molecule has 0 bridgehead atoms. The van der Waals surface area contributed by atoms with Crippen LogP contribution in [0.15, 0.2) is 18.2 Å². The topological polar surface area (TPSA) is 21.3 Å². The summed E-state index contributed by atoms with van der Waals surface area (Å²) in [6.07, 6.45) is 3.78. The first-order valence-electron chi connectivity index (χ1n) is 6.68. The molecule has 0 spiro atoms. The summed E-state index contributed by atoms with van der Waals surface area (Å²) in [6.45, 7) is 2.29. The molecule has 0 amide bonds. The Hall–Kier alpha value is -1.09. The maximum atomic E-state index is 13.8. The summed E-state index contributed by atoms with van der Waals surface area (Å²) in [5, 5.41) is 3.35. The molecule has 1 saturated carbocycles. The summed E-state index contributed by atoms with van der Waals surface area (Å²) in [5.41, 5.74) is 1.02. The van der Waals surface area contributed by atoms with Crippen LogP contribution in [0.3, 0.4) is 0 Å². The van der Waals surface area contributed by atoms with Gasteiger partial charge in [-0.25, -0.2) is 4.39 Å². The van der Waals surface area contributed by atoms with Crippen molar-refractivity contribution < 1.29 is 9.13 Å². The third-order valence-electron chi connectivity index (χ3n) is 4.20. The first kappa shape index (κ1) is 13.3. The number of benzene rings is 1. The molecule has 3 atom stereocenters. The SMILES string of the molecule is CNC(c1ccc(OC)c(F)c1)C1CCCC1C. The van der Waals surface area contributed by atoms with E-state index in [2.05, 4.69) is 12.2 Å². The van der Waals surface area contributed by atoms with E-state index in [1.54, 1.807) is 12.1 Å². The Bertz CT molecular complexity index is 407. The van der Waals surface area contributed by atoms with Gasteiger partial charge in [-0.1, -0.05) is 25.8 Å². The summed E-state index contributed by atoms with van der Waals surface area (Å²) in [6, 6.07) is 5.52. The molecular formula is C15H22FNO. The zero-order valence-electron chi connectivity index (χ0n) is 11.4. The standard InChI is InChI=1S/C15H22FNO/c1-10-5-4-6-12(10)15(17-2)11-7-8-14(18-3)13(16)9-11/h7-10,12,15,17H,4-6H2,1-3H3. The number of methoxy groups -OCH3 is 1. The Morgan fingerprint density at radius 2 is 2.17 bits per heavy atom. The minimum absolute atomic E-state index is 0.239. The molecule has 18 heavy (non-hydrogen) atoms. The molecule has 1 aliphatic rings. The molecule has 1 aromatic carbocycles. The number of halogens is 1. The molecule has 0 aliphatic heterocycles. The van der Waals surface area contributed by atoms with Gasteiger partial charge in [-0.3, -0.25) is 0 Å². The first-order valence-corrected chi connectivity index (χ1v) is 6.68. The minimum Gasteiger partial charge on any atom is -0.494 e. The number of rotatable bonds is 4. The van der Waals surface area contributed by atoms with Crippen molar-refractivity contribution in [2.24, 2.45) is 11.8 Å². The Morgan fingerprint density at radius 1 is 1.39 bits per heavy atom. The van der Waals surface area contributed by atoms with Gasteiger partial charge in [0.05, 0.1) is 7.11 Å². The van der Waals surface area contributed by atoms with E-state index in [1.165, 1.54) is 26.4 Å². The van der Waals surface area contributed by atoms with Crippen molar-refractivity contribution >= 4 is 0 Å². The molecule has 2 rings (SSSR count). The Labute approximate surface area is 109 Å². The van der Waals surface area contributed by atoms with E-state index in [4.69, 9.17) is 4.74 Å². The lowest BCUT2D eigenvalue weighted by molar-refractivity contribution is 0.314. The number of nitrogens with one attached hydrogen (secondary N) is 1. The molecule has 100 valence electrons. The van der Waals surface area contributed by atoms with E-state index >= 15 is 0 Å². The van der Waals surface area contributed by atoms with Gasteiger partial charge < -0.3 is 10.1 Å². The maximum absolute atomic E-state index is 13.8. The van der Waals surface area contributed by atoms with Crippen molar-refractivity contribution in [1.82, 2.24) is 5.32 Å². The van der Waals surface area contributed by atoms with Gasteiger partial charge in [-0.2, -0.15) is 0 Å². The number of hydrogen-bond donors (Lipinski definition) is 1. The average molecular weight is 251 g/mol. The fraction of sp³-hybridized carbons (Fsp3) is 0.600. The molecule has 1 aromatic rings. The largest absolute Gasteiger partial charge is 0.494 e. The van der Waals surface area contributed by atoms with Gasteiger partial charge >= 0.3 is 0 Å². The van der Waals surface area contributed by atoms with Crippen molar-refractivity contribution in [3.05, 3.63) is 29.6 Å². The van der Waals surface area contributed by atoms with E-state index in [1.807, 2.05) is 13.1 Å². The van der Waals surface area contributed by atoms with Gasteiger partial charge in [0.25, 0.3) is 0 Å². The molecule has 3 heteroatoms. The van der Waals surface area contributed by atoms with Crippen LogP contribution in [0.2, 0.25) is 0 Å². The van der Waals surface area contributed by atoms with E-state index in [0.717, 1.165) is 5.56 Å². The fourth-order valence-corrected chi connectivity index (χ4v) is 3.17. The molecule has 3 unspecified atom stereocenters. The van der Waals surface area contributed by atoms with Crippen LogP contribution >= 0.6 is 0 Å². The van der Waals surface area contributed by atoms with E-state index < -0.39 is 0 Å². The van der Waals surface area contributed by atoms with Gasteiger partial charge in [0.2, 0.25) is 0 Å². The summed E-state index contributed by atoms with van der Waals surface area (Å²) in [5.74, 6) is 1.34. The fourth-order valence-electron chi connectivity index (χ4n) is 3.17. The third kappa shape index (κ3) is 2.51. The van der Waals surface area contributed by atoms with Crippen molar-refractivity contribution in [2.75, 3.05) is 14.2 Å². The molecule has 0 heterocycles. The van der Waals surface area contributed by atoms with E-state index in [-0.39, 0.29) is 11.9 Å². The van der Waals surface area contributed by atoms with Gasteiger partial charge in [-0.15, -0.1) is 0 Å².